The highest BCUT2D eigenvalue weighted by atomic mass is 35.5. The first-order chi connectivity index (χ1) is 7.11. The molecule has 15 heavy (non-hydrogen) atoms. The van der Waals surface area contributed by atoms with Crippen LogP contribution in [0.5, 0.6) is 0 Å². The molecule has 5 heteroatoms. The molecule has 0 bridgehead atoms. The van der Waals surface area contributed by atoms with E-state index in [4.69, 9.17) is 35.4 Å². The van der Waals surface area contributed by atoms with Gasteiger partial charge in [-0.15, -0.1) is 0 Å². The molecule has 78 valence electrons. The van der Waals surface area contributed by atoms with Gasteiger partial charge in [0.05, 0.1) is 10.5 Å². The van der Waals surface area contributed by atoms with Crippen LogP contribution in [0, 0.1) is 4.64 Å². The van der Waals surface area contributed by atoms with E-state index in [2.05, 4.69) is 9.97 Å². The Bertz CT molecular complexity index is 577. The van der Waals surface area contributed by atoms with Gasteiger partial charge in [-0.1, -0.05) is 42.3 Å². The molecule has 0 unspecified atom stereocenters. The van der Waals surface area contributed by atoms with Crippen LogP contribution in [0.25, 0.3) is 10.9 Å². The van der Waals surface area contributed by atoms with E-state index in [1.54, 1.807) is 12.1 Å². The Morgan fingerprint density at radius 2 is 2.13 bits per heavy atom. The minimum absolute atomic E-state index is 0.532. The number of nitrogens with one attached hydrogen (secondary N) is 1. The van der Waals surface area contributed by atoms with Crippen LogP contribution in [0.3, 0.4) is 0 Å². The molecular weight excluding hydrogens is 251 g/mol. The average Bonchev–Trinajstić information content (AvgIpc) is 2.19. The fourth-order valence-corrected chi connectivity index (χ4v) is 2.20. The van der Waals surface area contributed by atoms with Crippen LogP contribution in [0.2, 0.25) is 10.0 Å². The Labute approximate surface area is 102 Å². The van der Waals surface area contributed by atoms with E-state index < -0.39 is 0 Å². The summed E-state index contributed by atoms with van der Waals surface area (Å²) in [4.78, 5) is 7.39. The van der Waals surface area contributed by atoms with Crippen molar-refractivity contribution in [3.05, 3.63) is 32.6 Å². The zero-order chi connectivity index (χ0) is 11.0. The van der Waals surface area contributed by atoms with E-state index in [0.717, 1.165) is 23.1 Å². The molecule has 0 radical (unpaired) electrons. The third kappa shape index (κ3) is 2.00. The summed E-state index contributed by atoms with van der Waals surface area (Å²) in [6.45, 7) is 2.00. The molecule has 0 saturated heterocycles. The second kappa shape index (κ2) is 4.08. The zero-order valence-electron chi connectivity index (χ0n) is 7.97. The second-order valence-electron chi connectivity index (χ2n) is 3.15. The van der Waals surface area contributed by atoms with Crippen molar-refractivity contribution in [1.82, 2.24) is 9.97 Å². The maximum absolute atomic E-state index is 6.07. The van der Waals surface area contributed by atoms with Crippen LogP contribution < -0.4 is 0 Å². The maximum atomic E-state index is 6.07. The topological polar surface area (TPSA) is 28.7 Å². The van der Waals surface area contributed by atoms with Gasteiger partial charge in [-0.3, -0.25) is 0 Å². The maximum Gasteiger partial charge on any atom is 0.137 e. The molecule has 0 aliphatic carbocycles. The van der Waals surface area contributed by atoms with Gasteiger partial charge >= 0.3 is 0 Å². The number of hydrogen-bond acceptors (Lipinski definition) is 2. The van der Waals surface area contributed by atoms with Crippen molar-refractivity contribution < 1.29 is 0 Å². The summed E-state index contributed by atoms with van der Waals surface area (Å²) in [5.74, 6) is 0.830. The fraction of sp³-hybridized carbons (Fsp3) is 0.200. The molecule has 0 fully saturated rings. The van der Waals surface area contributed by atoms with Crippen LogP contribution in [0.4, 0.5) is 0 Å². The number of rotatable bonds is 1. The first kappa shape index (κ1) is 10.9. The van der Waals surface area contributed by atoms with Crippen LogP contribution in [0.1, 0.15) is 12.7 Å². The molecule has 0 spiro atoms. The standard InChI is InChI=1S/C10H8Cl2N2S/c1-2-8-13-9-6(10(15)14-8)3-5(11)4-7(9)12/h3-4H,2H2,1H3,(H,13,14,15). The second-order valence-corrected chi connectivity index (χ2v) is 4.38. The lowest BCUT2D eigenvalue weighted by atomic mass is 10.2. The van der Waals surface area contributed by atoms with Crippen molar-refractivity contribution >= 4 is 46.3 Å². The monoisotopic (exact) mass is 258 g/mol. The summed E-state index contributed by atoms with van der Waals surface area (Å²) >= 11 is 17.1. The molecule has 2 aromatic rings. The van der Waals surface area contributed by atoms with E-state index in [-0.39, 0.29) is 0 Å². The van der Waals surface area contributed by atoms with Gasteiger partial charge in [0, 0.05) is 16.8 Å². The number of nitrogens with zero attached hydrogens (tertiary/aromatic N) is 1. The molecule has 0 saturated carbocycles. The molecule has 0 amide bonds. The molecule has 1 N–H and O–H groups in total. The van der Waals surface area contributed by atoms with Crippen molar-refractivity contribution in [3.63, 3.8) is 0 Å². The van der Waals surface area contributed by atoms with E-state index in [1.165, 1.54) is 0 Å². The molecule has 1 heterocycles. The molecular formula is C10H8Cl2N2S. The number of H-pyrrole nitrogens is 1. The van der Waals surface area contributed by atoms with E-state index in [0.29, 0.717) is 14.7 Å². The number of hydrogen-bond donors (Lipinski definition) is 1. The largest absolute Gasteiger partial charge is 0.342 e. The Morgan fingerprint density at radius 3 is 2.80 bits per heavy atom. The van der Waals surface area contributed by atoms with Gasteiger partial charge in [0.25, 0.3) is 0 Å². The van der Waals surface area contributed by atoms with Crippen molar-refractivity contribution in [2.75, 3.05) is 0 Å². The number of halogens is 2. The van der Waals surface area contributed by atoms with Gasteiger partial charge < -0.3 is 4.98 Å². The third-order valence-corrected chi connectivity index (χ3v) is 2.95. The van der Waals surface area contributed by atoms with Gasteiger partial charge in [-0.2, -0.15) is 0 Å². The highest BCUT2D eigenvalue weighted by molar-refractivity contribution is 7.71. The van der Waals surface area contributed by atoms with Gasteiger partial charge in [-0.25, -0.2) is 4.98 Å². The Morgan fingerprint density at radius 1 is 1.40 bits per heavy atom. The van der Waals surface area contributed by atoms with E-state index in [9.17, 15) is 0 Å². The molecule has 2 rings (SSSR count). The number of aryl methyl sites for hydroxylation is 1. The fourth-order valence-electron chi connectivity index (χ4n) is 1.39. The Kier molecular flexibility index (Phi) is 2.96. The molecule has 2 nitrogen and oxygen atoms in total. The lowest BCUT2D eigenvalue weighted by molar-refractivity contribution is 0.955. The van der Waals surface area contributed by atoms with Crippen molar-refractivity contribution in [2.24, 2.45) is 0 Å². The lowest BCUT2D eigenvalue weighted by Crippen LogP contribution is -1.94. The smallest absolute Gasteiger partial charge is 0.137 e. The highest BCUT2D eigenvalue weighted by Crippen LogP contribution is 2.26. The summed E-state index contributed by atoms with van der Waals surface area (Å²) in [6, 6.07) is 3.46. The number of aromatic amines is 1. The van der Waals surface area contributed by atoms with Gasteiger partial charge in [0.1, 0.15) is 10.5 Å². The Balaban J connectivity index is 2.91. The van der Waals surface area contributed by atoms with E-state index >= 15 is 0 Å². The zero-order valence-corrected chi connectivity index (χ0v) is 10.3. The van der Waals surface area contributed by atoms with Crippen molar-refractivity contribution in [1.29, 1.82) is 0 Å². The molecule has 0 atom stereocenters. The quantitative estimate of drug-likeness (QED) is 0.779. The SMILES string of the molecule is CCc1nc(=S)c2cc(Cl)cc(Cl)c2[nH]1. The predicted octanol–water partition coefficient (Wildman–Crippen LogP) is 4.16. The first-order valence-corrected chi connectivity index (χ1v) is 5.66. The summed E-state index contributed by atoms with van der Waals surface area (Å²) in [5, 5.41) is 1.93. The van der Waals surface area contributed by atoms with E-state index in [1.807, 2.05) is 6.92 Å². The van der Waals surface area contributed by atoms with Crippen LogP contribution in [0.15, 0.2) is 12.1 Å². The van der Waals surface area contributed by atoms with Gasteiger partial charge in [0.2, 0.25) is 0 Å². The Hall–Kier alpha value is -0.640. The van der Waals surface area contributed by atoms with Gasteiger partial charge in [0.15, 0.2) is 0 Å². The normalized spacial score (nSPS) is 10.9. The summed E-state index contributed by atoms with van der Waals surface area (Å²) in [6.07, 6.45) is 0.790. The first-order valence-electron chi connectivity index (χ1n) is 4.49. The highest BCUT2D eigenvalue weighted by Gasteiger charge is 2.05. The van der Waals surface area contributed by atoms with Crippen LogP contribution >= 0.6 is 35.4 Å². The van der Waals surface area contributed by atoms with Crippen molar-refractivity contribution in [3.8, 4) is 0 Å². The number of benzene rings is 1. The predicted molar refractivity (Wildman–Crippen MR) is 66.3 cm³/mol. The number of fused-ring (bicyclic) bond motifs is 1. The lowest BCUT2D eigenvalue weighted by Gasteiger charge is -2.04. The minimum Gasteiger partial charge on any atom is -0.342 e. The van der Waals surface area contributed by atoms with Crippen molar-refractivity contribution in [2.45, 2.75) is 13.3 Å². The van der Waals surface area contributed by atoms with Gasteiger partial charge in [-0.05, 0) is 12.1 Å². The minimum atomic E-state index is 0.532. The molecule has 1 aromatic heterocycles. The summed E-state index contributed by atoms with van der Waals surface area (Å²) in [5.41, 5.74) is 0.804. The summed E-state index contributed by atoms with van der Waals surface area (Å²) in [7, 11) is 0. The van der Waals surface area contributed by atoms with Crippen LogP contribution in [-0.2, 0) is 6.42 Å². The third-order valence-electron chi connectivity index (χ3n) is 2.13. The molecule has 0 aliphatic heterocycles. The number of aromatic nitrogens is 2. The molecule has 0 aliphatic rings. The van der Waals surface area contributed by atoms with Crippen LogP contribution in [-0.4, -0.2) is 9.97 Å². The summed E-state index contributed by atoms with van der Waals surface area (Å²) < 4.78 is 0.532. The average molecular weight is 259 g/mol. The molecule has 1 aromatic carbocycles.